The zero-order valence-electron chi connectivity index (χ0n) is 13.5. The number of aliphatic carboxylic acids is 1. The highest BCUT2D eigenvalue weighted by Crippen LogP contribution is 2.34. The molecular formula is C18H14N3O4S-. The number of benzene rings is 2. The van der Waals surface area contributed by atoms with Crippen LogP contribution in [0.5, 0.6) is 5.75 Å². The van der Waals surface area contributed by atoms with E-state index in [4.69, 9.17) is 0 Å². The average molecular weight is 368 g/mol. The molecule has 2 aromatic rings. The predicted octanol–water partition coefficient (Wildman–Crippen LogP) is 1.37. The Morgan fingerprint density at radius 2 is 1.88 bits per heavy atom. The number of phenolic OH excluding ortho intramolecular Hbond substituents is 1. The maximum absolute atomic E-state index is 12.6. The van der Waals surface area contributed by atoms with Crippen molar-refractivity contribution in [2.45, 2.75) is 11.7 Å². The second kappa shape index (κ2) is 7.83. The smallest absolute Gasteiger partial charge is 0.247 e. The number of phenols is 1. The molecule has 0 aliphatic carbocycles. The van der Waals surface area contributed by atoms with E-state index < -0.39 is 23.5 Å². The lowest BCUT2D eigenvalue weighted by atomic mass is 10.2. The van der Waals surface area contributed by atoms with Gasteiger partial charge < -0.3 is 15.0 Å². The number of thioether (sulfide) groups is 1. The van der Waals surface area contributed by atoms with E-state index in [1.807, 2.05) is 30.3 Å². The summed E-state index contributed by atoms with van der Waals surface area (Å²) >= 11 is 1.02. The predicted molar refractivity (Wildman–Crippen MR) is 98.1 cm³/mol. The van der Waals surface area contributed by atoms with Crippen molar-refractivity contribution >= 4 is 40.7 Å². The SMILES string of the molecule is O=C([O-])C[C@@H]1S/C(=N/N=C\c2ccccc2)N(c2ccc(O)cc2)C1=O. The van der Waals surface area contributed by atoms with E-state index in [1.165, 1.54) is 17.0 Å². The van der Waals surface area contributed by atoms with E-state index in [9.17, 15) is 19.8 Å². The molecule has 1 aliphatic rings. The number of rotatable bonds is 5. The van der Waals surface area contributed by atoms with Crippen molar-refractivity contribution in [3.63, 3.8) is 0 Å². The first-order valence-electron chi connectivity index (χ1n) is 7.70. The normalized spacial score (nSPS) is 18.8. The molecule has 1 heterocycles. The van der Waals surface area contributed by atoms with Gasteiger partial charge in [-0.1, -0.05) is 42.1 Å². The van der Waals surface area contributed by atoms with Crippen LogP contribution in [0.1, 0.15) is 12.0 Å². The van der Waals surface area contributed by atoms with Gasteiger partial charge in [-0.2, -0.15) is 5.10 Å². The van der Waals surface area contributed by atoms with Crippen molar-refractivity contribution in [2.24, 2.45) is 10.2 Å². The Hall–Kier alpha value is -3.13. The van der Waals surface area contributed by atoms with E-state index in [0.717, 1.165) is 17.3 Å². The van der Waals surface area contributed by atoms with Gasteiger partial charge in [0.25, 0.3) is 0 Å². The summed E-state index contributed by atoms with van der Waals surface area (Å²) in [6, 6.07) is 15.3. The maximum atomic E-state index is 12.6. The summed E-state index contributed by atoms with van der Waals surface area (Å²) in [5, 5.41) is 27.8. The van der Waals surface area contributed by atoms with Crippen LogP contribution in [-0.4, -0.2) is 33.6 Å². The fraction of sp³-hybridized carbons (Fsp3) is 0.111. The first kappa shape index (κ1) is 17.7. The van der Waals surface area contributed by atoms with Crippen LogP contribution >= 0.6 is 11.8 Å². The molecule has 1 N–H and O–H groups in total. The lowest BCUT2D eigenvalue weighted by Gasteiger charge is -2.16. The molecule has 0 bridgehead atoms. The number of carboxylic acids is 1. The van der Waals surface area contributed by atoms with E-state index in [1.54, 1.807) is 18.3 Å². The number of carboxylic acid groups (broad SMARTS) is 1. The first-order valence-corrected chi connectivity index (χ1v) is 8.58. The van der Waals surface area contributed by atoms with Crippen LogP contribution in [0.2, 0.25) is 0 Å². The van der Waals surface area contributed by atoms with Gasteiger partial charge in [-0.05, 0) is 29.8 Å². The van der Waals surface area contributed by atoms with Crippen molar-refractivity contribution in [1.29, 1.82) is 0 Å². The summed E-state index contributed by atoms with van der Waals surface area (Å²) in [6.45, 7) is 0. The fourth-order valence-electron chi connectivity index (χ4n) is 2.34. The van der Waals surface area contributed by atoms with Gasteiger partial charge in [0.1, 0.15) is 5.75 Å². The molecule has 1 amide bonds. The Labute approximate surface area is 153 Å². The lowest BCUT2D eigenvalue weighted by Crippen LogP contribution is -2.35. The minimum Gasteiger partial charge on any atom is -0.550 e. The molecule has 3 rings (SSSR count). The molecule has 0 saturated carbocycles. The molecule has 26 heavy (non-hydrogen) atoms. The molecule has 0 radical (unpaired) electrons. The molecule has 0 aromatic heterocycles. The summed E-state index contributed by atoms with van der Waals surface area (Å²) in [7, 11) is 0. The molecule has 0 unspecified atom stereocenters. The van der Waals surface area contributed by atoms with Crippen molar-refractivity contribution < 1.29 is 19.8 Å². The molecule has 132 valence electrons. The monoisotopic (exact) mass is 368 g/mol. The molecule has 1 atom stereocenters. The Kier molecular flexibility index (Phi) is 5.33. The molecule has 1 saturated heterocycles. The van der Waals surface area contributed by atoms with Gasteiger partial charge in [-0.25, -0.2) is 0 Å². The van der Waals surface area contributed by atoms with Crippen molar-refractivity contribution in [3.8, 4) is 5.75 Å². The standard InChI is InChI=1S/C18H15N3O4S/c22-14-8-6-13(7-9-14)21-17(25)15(10-16(23)24)26-18(21)20-19-11-12-4-2-1-3-5-12/h1-9,11,15,22H,10H2,(H,23,24)/p-1/b19-11-,20-18+/t15-/m0/s1. The minimum atomic E-state index is -1.31. The number of hydrogen-bond donors (Lipinski definition) is 1. The second-order valence-corrected chi connectivity index (χ2v) is 6.58. The van der Waals surface area contributed by atoms with Crippen LogP contribution in [0.3, 0.4) is 0 Å². The van der Waals surface area contributed by atoms with Gasteiger partial charge in [0.2, 0.25) is 5.91 Å². The first-order chi connectivity index (χ1) is 12.5. The topological polar surface area (TPSA) is 105 Å². The molecule has 7 nitrogen and oxygen atoms in total. The Balaban J connectivity index is 1.90. The van der Waals surface area contributed by atoms with Crippen molar-refractivity contribution in [3.05, 3.63) is 60.2 Å². The molecule has 1 aliphatic heterocycles. The highest BCUT2D eigenvalue weighted by molar-refractivity contribution is 8.16. The molecule has 0 spiro atoms. The van der Waals surface area contributed by atoms with Crippen LogP contribution in [-0.2, 0) is 9.59 Å². The Morgan fingerprint density at radius 3 is 2.54 bits per heavy atom. The lowest BCUT2D eigenvalue weighted by molar-refractivity contribution is -0.305. The summed E-state index contributed by atoms with van der Waals surface area (Å²) in [5.41, 5.74) is 1.31. The average Bonchev–Trinajstić information content (AvgIpc) is 2.92. The number of amides is 1. The largest absolute Gasteiger partial charge is 0.550 e. The molecule has 2 aromatic carbocycles. The summed E-state index contributed by atoms with van der Waals surface area (Å²) < 4.78 is 0. The summed E-state index contributed by atoms with van der Waals surface area (Å²) in [5.74, 6) is -1.67. The minimum absolute atomic E-state index is 0.0555. The summed E-state index contributed by atoms with van der Waals surface area (Å²) in [6.07, 6.45) is 1.12. The van der Waals surface area contributed by atoms with Crippen LogP contribution in [0, 0.1) is 0 Å². The molecule has 8 heteroatoms. The van der Waals surface area contributed by atoms with E-state index >= 15 is 0 Å². The fourth-order valence-corrected chi connectivity index (χ4v) is 3.42. The van der Waals surface area contributed by atoms with Crippen molar-refractivity contribution in [1.82, 2.24) is 0 Å². The molecule has 1 fully saturated rings. The maximum Gasteiger partial charge on any atom is 0.247 e. The number of aromatic hydroxyl groups is 1. The number of amidine groups is 1. The van der Waals surface area contributed by atoms with Crippen LogP contribution in [0.25, 0.3) is 0 Å². The Bertz CT molecular complexity index is 866. The van der Waals surface area contributed by atoms with Gasteiger partial charge in [-0.15, -0.1) is 5.10 Å². The number of carbonyl (C=O) groups excluding carboxylic acids is 2. The number of carbonyl (C=O) groups is 2. The zero-order chi connectivity index (χ0) is 18.5. The van der Waals surface area contributed by atoms with Crippen LogP contribution in [0.15, 0.2) is 64.8 Å². The highest BCUT2D eigenvalue weighted by Gasteiger charge is 2.39. The third-order valence-corrected chi connectivity index (χ3v) is 4.67. The van der Waals surface area contributed by atoms with Crippen LogP contribution in [0.4, 0.5) is 5.69 Å². The van der Waals surface area contributed by atoms with Crippen molar-refractivity contribution in [2.75, 3.05) is 4.90 Å². The van der Waals surface area contributed by atoms with Gasteiger partial charge >= 0.3 is 0 Å². The highest BCUT2D eigenvalue weighted by atomic mass is 32.2. The van der Waals surface area contributed by atoms with Gasteiger partial charge in [-0.3, -0.25) is 9.69 Å². The third kappa shape index (κ3) is 4.09. The van der Waals surface area contributed by atoms with Gasteiger partial charge in [0.05, 0.1) is 17.2 Å². The quantitative estimate of drug-likeness (QED) is 0.634. The van der Waals surface area contributed by atoms with E-state index in [-0.39, 0.29) is 10.9 Å². The zero-order valence-corrected chi connectivity index (χ0v) is 14.3. The van der Waals surface area contributed by atoms with E-state index in [2.05, 4.69) is 10.2 Å². The molecular weight excluding hydrogens is 354 g/mol. The number of hydrogen-bond acceptors (Lipinski definition) is 7. The van der Waals surface area contributed by atoms with E-state index in [0.29, 0.717) is 5.69 Å². The summed E-state index contributed by atoms with van der Waals surface area (Å²) in [4.78, 5) is 24.8. The second-order valence-electron chi connectivity index (χ2n) is 5.41. The van der Waals surface area contributed by atoms with Crippen LogP contribution < -0.4 is 10.0 Å². The third-order valence-electron chi connectivity index (χ3n) is 3.54. The van der Waals surface area contributed by atoms with Gasteiger partial charge in [0.15, 0.2) is 5.17 Å². The Morgan fingerprint density at radius 1 is 1.19 bits per heavy atom. The van der Waals surface area contributed by atoms with Gasteiger partial charge in [0, 0.05) is 12.4 Å². The number of anilines is 1. The number of nitrogens with zero attached hydrogens (tertiary/aromatic N) is 3.